The van der Waals surface area contributed by atoms with Crippen LogP contribution in [-0.2, 0) is 13.5 Å². The van der Waals surface area contributed by atoms with Crippen LogP contribution < -0.4 is 4.74 Å². The SMILES string of the molecule is Cc1nn(C)cc1-c1nn2c(Cc3cccc(OC(F)(F)F)c3)nnc2s1. The molecule has 0 bridgehead atoms. The minimum Gasteiger partial charge on any atom is -0.406 e. The van der Waals surface area contributed by atoms with Gasteiger partial charge in [0.15, 0.2) is 10.8 Å². The molecule has 0 radical (unpaired) electrons. The van der Waals surface area contributed by atoms with Crippen molar-refractivity contribution < 1.29 is 17.9 Å². The number of aryl methyl sites for hydroxylation is 2. The molecule has 0 aliphatic heterocycles. The number of benzene rings is 1. The van der Waals surface area contributed by atoms with Gasteiger partial charge in [0, 0.05) is 19.7 Å². The topological polar surface area (TPSA) is 70.1 Å². The highest BCUT2D eigenvalue weighted by Crippen LogP contribution is 2.28. The van der Waals surface area contributed by atoms with E-state index < -0.39 is 6.36 Å². The number of hydrogen-bond acceptors (Lipinski definition) is 6. The summed E-state index contributed by atoms with van der Waals surface area (Å²) in [7, 11) is 1.83. The number of aromatic nitrogens is 6. The fourth-order valence-electron chi connectivity index (χ4n) is 2.72. The molecule has 3 heterocycles. The number of hydrogen-bond donors (Lipinski definition) is 0. The summed E-state index contributed by atoms with van der Waals surface area (Å²) in [6.45, 7) is 1.89. The molecule has 0 fully saturated rings. The molecular formula is C16H13F3N6OS. The minimum atomic E-state index is -4.73. The number of fused-ring (bicyclic) bond motifs is 1. The molecule has 0 spiro atoms. The molecule has 7 nitrogen and oxygen atoms in total. The number of nitrogens with zero attached hydrogens (tertiary/aromatic N) is 6. The van der Waals surface area contributed by atoms with Crippen LogP contribution in [0.1, 0.15) is 17.1 Å². The lowest BCUT2D eigenvalue weighted by molar-refractivity contribution is -0.274. The summed E-state index contributed by atoms with van der Waals surface area (Å²) in [5.41, 5.74) is 2.36. The van der Waals surface area contributed by atoms with Crippen molar-refractivity contribution in [3.05, 3.63) is 47.5 Å². The molecule has 11 heteroatoms. The second kappa shape index (κ2) is 6.34. The lowest BCUT2D eigenvalue weighted by Gasteiger charge is -2.09. The maximum absolute atomic E-state index is 12.4. The van der Waals surface area contributed by atoms with Crippen molar-refractivity contribution >= 4 is 16.3 Å². The second-order valence-corrected chi connectivity index (χ2v) is 6.85. The third-order valence-electron chi connectivity index (χ3n) is 3.79. The van der Waals surface area contributed by atoms with E-state index in [2.05, 4.69) is 25.1 Å². The van der Waals surface area contributed by atoms with E-state index in [9.17, 15) is 13.2 Å². The molecule has 0 saturated carbocycles. The van der Waals surface area contributed by atoms with Crippen molar-refractivity contribution in [3.8, 4) is 16.3 Å². The standard InChI is InChI=1S/C16H13F3N6OS/c1-9-12(8-24(2)22-9)14-23-25-13(20-21-15(25)27-14)7-10-4-3-5-11(6-10)26-16(17,18)19/h3-6,8H,7H2,1-2H3. The third kappa shape index (κ3) is 3.63. The molecule has 0 saturated heterocycles. The van der Waals surface area contributed by atoms with Crippen LogP contribution >= 0.6 is 11.3 Å². The molecule has 0 amide bonds. The summed E-state index contributed by atoms with van der Waals surface area (Å²) in [4.78, 5) is 0.603. The van der Waals surface area contributed by atoms with Gasteiger partial charge in [0.05, 0.1) is 11.3 Å². The molecular weight excluding hydrogens is 381 g/mol. The van der Waals surface area contributed by atoms with Gasteiger partial charge >= 0.3 is 6.36 Å². The summed E-state index contributed by atoms with van der Waals surface area (Å²) in [5, 5.41) is 17.8. The Bertz CT molecular complexity index is 1110. The zero-order valence-corrected chi connectivity index (χ0v) is 15.0. The molecule has 0 atom stereocenters. The fraction of sp³-hybridized carbons (Fsp3) is 0.250. The predicted octanol–water partition coefficient (Wildman–Crippen LogP) is 3.38. The van der Waals surface area contributed by atoms with E-state index in [0.717, 1.165) is 16.3 Å². The number of alkyl halides is 3. The van der Waals surface area contributed by atoms with Gasteiger partial charge in [-0.3, -0.25) is 4.68 Å². The van der Waals surface area contributed by atoms with Crippen molar-refractivity contribution in [1.82, 2.24) is 29.6 Å². The smallest absolute Gasteiger partial charge is 0.406 e. The van der Waals surface area contributed by atoms with Crippen LogP contribution in [0.2, 0.25) is 0 Å². The van der Waals surface area contributed by atoms with Gasteiger partial charge in [-0.25, -0.2) is 0 Å². The number of rotatable bonds is 4. The lowest BCUT2D eigenvalue weighted by Crippen LogP contribution is -2.17. The molecule has 4 rings (SSSR count). The quantitative estimate of drug-likeness (QED) is 0.531. The van der Waals surface area contributed by atoms with E-state index in [-0.39, 0.29) is 12.2 Å². The van der Waals surface area contributed by atoms with Gasteiger partial charge in [0.2, 0.25) is 4.96 Å². The van der Waals surface area contributed by atoms with E-state index in [0.29, 0.717) is 16.3 Å². The first kappa shape index (κ1) is 17.5. The van der Waals surface area contributed by atoms with Crippen LogP contribution in [0.3, 0.4) is 0 Å². The Balaban J connectivity index is 1.63. The van der Waals surface area contributed by atoms with E-state index in [1.165, 1.54) is 29.5 Å². The molecule has 0 aliphatic rings. The van der Waals surface area contributed by atoms with Crippen LogP contribution in [0, 0.1) is 6.92 Å². The molecule has 140 valence electrons. The van der Waals surface area contributed by atoms with Gasteiger partial charge in [0.1, 0.15) is 5.75 Å². The van der Waals surface area contributed by atoms with E-state index in [1.807, 2.05) is 20.2 Å². The van der Waals surface area contributed by atoms with Crippen molar-refractivity contribution in [1.29, 1.82) is 0 Å². The molecule has 3 aromatic heterocycles. The molecule has 1 aromatic carbocycles. The Morgan fingerprint density at radius 1 is 1.19 bits per heavy atom. The molecule has 0 aliphatic carbocycles. The highest BCUT2D eigenvalue weighted by atomic mass is 32.1. The van der Waals surface area contributed by atoms with Gasteiger partial charge in [-0.2, -0.15) is 14.7 Å². The third-order valence-corrected chi connectivity index (χ3v) is 4.73. The molecule has 4 aromatic rings. The lowest BCUT2D eigenvalue weighted by atomic mass is 10.1. The van der Waals surface area contributed by atoms with Crippen molar-refractivity contribution in [2.45, 2.75) is 19.7 Å². The summed E-state index contributed by atoms with van der Waals surface area (Å²) in [6.07, 6.45) is -2.59. The van der Waals surface area contributed by atoms with Crippen molar-refractivity contribution in [3.63, 3.8) is 0 Å². The van der Waals surface area contributed by atoms with E-state index >= 15 is 0 Å². The fourth-order valence-corrected chi connectivity index (χ4v) is 3.64. The van der Waals surface area contributed by atoms with Gasteiger partial charge in [-0.05, 0) is 24.6 Å². The van der Waals surface area contributed by atoms with Crippen LogP contribution in [-0.4, -0.2) is 36.0 Å². The Morgan fingerprint density at radius 2 is 2.00 bits per heavy atom. The highest BCUT2D eigenvalue weighted by molar-refractivity contribution is 7.19. The second-order valence-electron chi connectivity index (χ2n) is 5.89. The normalized spacial score (nSPS) is 12.0. The Kier molecular flexibility index (Phi) is 4.10. The van der Waals surface area contributed by atoms with Gasteiger partial charge in [-0.1, -0.05) is 23.5 Å². The van der Waals surface area contributed by atoms with Gasteiger partial charge in [0.25, 0.3) is 0 Å². The Hall–Kier alpha value is -2.95. The maximum atomic E-state index is 12.4. The first-order valence-electron chi connectivity index (χ1n) is 7.85. The van der Waals surface area contributed by atoms with Crippen LogP contribution in [0.4, 0.5) is 13.2 Å². The predicted molar refractivity (Wildman–Crippen MR) is 91.5 cm³/mol. The summed E-state index contributed by atoms with van der Waals surface area (Å²) in [5.74, 6) is 0.254. The summed E-state index contributed by atoms with van der Waals surface area (Å²) in [6, 6.07) is 5.78. The van der Waals surface area contributed by atoms with Crippen molar-refractivity contribution in [2.75, 3.05) is 0 Å². The molecule has 0 N–H and O–H groups in total. The van der Waals surface area contributed by atoms with Gasteiger partial charge < -0.3 is 4.74 Å². The first-order chi connectivity index (χ1) is 12.8. The van der Waals surface area contributed by atoms with E-state index in [1.54, 1.807) is 15.3 Å². The molecule has 0 unspecified atom stereocenters. The zero-order chi connectivity index (χ0) is 19.2. The zero-order valence-electron chi connectivity index (χ0n) is 14.2. The van der Waals surface area contributed by atoms with Gasteiger partial charge in [-0.15, -0.1) is 23.4 Å². The van der Waals surface area contributed by atoms with Crippen LogP contribution in [0.5, 0.6) is 5.75 Å². The monoisotopic (exact) mass is 394 g/mol. The number of ether oxygens (including phenoxy) is 1. The van der Waals surface area contributed by atoms with Crippen LogP contribution in [0.25, 0.3) is 15.5 Å². The summed E-state index contributed by atoms with van der Waals surface area (Å²) < 4.78 is 44.4. The van der Waals surface area contributed by atoms with Crippen molar-refractivity contribution in [2.24, 2.45) is 7.05 Å². The van der Waals surface area contributed by atoms with E-state index in [4.69, 9.17) is 0 Å². The number of halogens is 3. The average Bonchev–Trinajstić information content (AvgIpc) is 3.21. The molecule has 27 heavy (non-hydrogen) atoms. The van der Waals surface area contributed by atoms with Crippen LogP contribution in [0.15, 0.2) is 30.5 Å². The maximum Gasteiger partial charge on any atom is 0.573 e. The largest absolute Gasteiger partial charge is 0.573 e. The first-order valence-corrected chi connectivity index (χ1v) is 8.66. The Labute approximate surface area is 155 Å². The average molecular weight is 394 g/mol. The summed E-state index contributed by atoms with van der Waals surface area (Å²) >= 11 is 1.37. The minimum absolute atomic E-state index is 0.269. The highest BCUT2D eigenvalue weighted by Gasteiger charge is 2.31. The Morgan fingerprint density at radius 3 is 2.70 bits per heavy atom.